The van der Waals surface area contributed by atoms with Crippen LogP contribution in [0.15, 0.2) is 65.7 Å². The lowest BCUT2D eigenvalue weighted by Gasteiger charge is -2.12. The highest BCUT2D eigenvalue weighted by Crippen LogP contribution is 2.34. The Morgan fingerprint density at radius 2 is 1.57 bits per heavy atom. The van der Waals surface area contributed by atoms with Crippen molar-refractivity contribution in [3.8, 4) is 23.1 Å². The van der Waals surface area contributed by atoms with Crippen molar-refractivity contribution in [1.29, 1.82) is 0 Å². The van der Waals surface area contributed by atoms with E-state index in [1.165, 1.54) is 24.3 Å². The summed E-state index contributed by atoms with van der Waals surface area (Å²) in [7, 11) is -3.99. The van der Waals surface area contributed by atoms with Crippen molar-refractivity contribution in [2.24, 2.45) is 5.14 Å². The third-order valence-electron chi connectivity index (χ3n) is 4.77. The zero-order chi connectivity index (χ0) is 25.6. The molecule has 6 nitrogen and oxygen atoms in total. The summed E-state index contributed by atoms with van der Waals surface area (Å²) in [6.07, 6.45) is -8.42. The van der Waals surface area contributed by atoms with Crippen molar-refractivity contribution in [2.75, 3.05) is 0 Å². The van der Waals surface area contributed by atoms with Crippen LogP contribution in [0.3, 0.4) is 0 Å². The van der Waals surface area contributed by atoms with Crippen LogP contribution >= 0.6 is 0 Å². The molecule has 0 fully saturated rings. The van der Waals surface area contributed by atoms with Crippen molar-refractivity contribution in [2.45, 2.75) is 17.2 Å². The number of halogens is 6. The van der Waals surface area contributed by atoms with E-state index in [1.54, 1.807) is 0 Å². The topological polar surface area (TPSA) is 90.4 Å². The molecule has 0 saturated carbocycles. The largest absolute Gasteiger partial charge is 0.433 e. The molecule has 180 valence electrons. The summed E-state index contributed by atoms with van der Waals surface area (Å²) >= 11 is 0. The molecule has 4 aromatic rings. The van der Waals surface area contributed by atoms with Crippen LogP contribution in [0.2, 0.25) is 0 Å². The maximum atomic E-state index is 13.7. The lowest BCUT2D eigenvalue weighted by atomic mass is 10.1. The van der Waals surface area contributed by atoms with Crippen molar-refractivity contribution in [3.05, 3.63) is 83.2 Å². The zero-order valence-electron chi connectivity index (χ0n) is 17.2. The van der Waals surface area contributed by atoms with E-state index in [0.717, 1.165) is 30.5 Å². The Morgan fingerprint density at radius 3 is 2.17 bits per heavy atom. The quantitative estimate of drug-likeness (QED) is 0.318. The van der Waals surface area contributed by atoms with Crippen molar-refractivity contribution < 1.29 is 34.8 Å². The van der Waals surface area contributed by atoms with E-state index in [9.17, 15) is 34.8 Å². The highest BCUT2D eigenvalue weighted by Gasteiger charge is 2.36. The summed E-state index contributed by atoms with van der Waals surface area (Å²) in [6, 6.07) is 9.49. The van der Waals surface area contributed by atoms with Gasteiger partial charge in [0.25, 0.3) is 0 Å². The van der Waals surface area contributed by atoms with Gasteiger partial charge in [-0.15, -0.1) is 0 Å². The van der Waals surface area contributed by atoms with E-state index >= 15 is 0 Å². The molecule has 0 amide bonds. The molecule has 13 heteroatoms. The van der Waals surface area contributed by atoms with Crippen molar-refractivity contribution >= 4 is 15.7 Å². The molecule has 0 aliphatic carbocycles. The highest BCUT2D eigenvalue weighted by molar-refractivity contribution is 7.89. The molecule has 0 unspecified atom stereocenters. The van der Waals surface area contributed by atoms with Gasteiger partial charge in [0.1, 0.15) is 0 Å². The summed E-state index contributed by atoms with van der Waals surface area (Å²) in [4.78, 5) is 3.94. The minimum Gasteiger partial charge on any atom is -0.227 e. The van der Waals surface area contributed by atoms with E-state index in [4.69, 9.17) is 5.14 Å². The molecule has 2 heterocycles. The van der Waals surface area contributed by atoms with Crippen LogP contribution in [-0.2, 0) is 22.4 Å². The molecule has 0 saturated heterocycles. The van der Waals surface area contributed by atoms with E-state index in [2.05, 4.69) is 21.9 Å². The van der Waals surface area contributed by atoms with E-state index < -0.39 is 33.6 Å². The maximum absolute atomic E-state index is 13.7. The maximum Gasteiger partial charge on any atom is 0.433 e. The molecule has 0 spiro atoms. The van der Waals surface area contributed by atoms with Gasteiger partial charge in [-0.2, -0.15) is 31.4 Å². The summed E-state index contributed by atoms with van der Waals surface area (Å²) < 4.78 is 103. The number of fused-ring (bicyclic) bond motifs is 1. The Balaban J connectivity index is 1.84. The van der Waals surface area contributed by atoms with Gasteiger partial charge in [-0.05, 0) is 36.4 Å². The van der Waals surface area contributed by atoms with Crippen molar-refractivity contribution in [1.82, 2.24) is 14.6 Å². The van der Waals surface area contributed by atoms with Crippen LogP contribution in [0.25, 0.3) is 16.9 Å². The standard InChI is InChI=1S/C22H12F6N4O2S/c23-21(24,25)16-8-6-14(7-9-16)18-11-19(22(26,27)28)32-20(31-18)15(12-30-32)5-4-13-2-1-3-17(10-13)35(29,33)34/h1-3,6-12H,(H2,29,33,34). The van der Waals surface area contributed by atoms with Gasteiger partial charge in [-0.1, -0.05) is 30.0 Å². The first-order valence-electron chi connectivity index (χ1n) is 9.52. The van der Waals surface area contributed by atoms with Crippen LogP contribution in [0.1, 0.15) is 22.4 Å². The number of sulfonamides is 1. The van der Waals surface area contributed by atoms with Gasteiger partial charge in [-0.25, -0.2) is 23.1 Å². The van der Waals surface area contributed by atoms with Gasteiger partial charge in [0.2, 0.25) is 10.0 Å². The van der Waals surface area contributed by atoms with Crippen LogP contribution in [0, 0.1) is 11.8 Å². The zero-order valence-corrected chi connectivity index (χ0v) is 18.0. The summed E-state index contributed by atoms with van der Waals surface area (Å²) in [5.74, 6) is 5.23. The molecule has 0 aliphatic heterocycles. The normalized spacial score (nSPS) is 12.4. The van der Waals surface area contributed by atoms with E-state index in [0.29, 0.717) is 10.6 Å². The molecule has 0 aliphatic rings. The number of hydrogen-bond acceptors (Lipinski definition) is 4. The van der Waals surface area contributed by atoms with Gasteiger partial charge >= 0.3 is 12.4 Å². The first kappa shape index (κ1) is 24.2. The Morgan fingerprint density at radius 1 is 0.886 bits per heavy atom. The first-order chi connectivity index (χ1) is 16.2. The molecule has 4 rings (SSSR count). The molecule has 0 atom stereocenters. The summed E-state index contributed by atoms with van der Waals surface area (Å²) in [5, 5.41) is 8.79. The third kappa shape index (κ3) is 5.13. The van der Waals surface area contributed by atoms with Gasteiger partial charge in [0, 0.05) is 11.1 Å². The van der Waals surface area contributed by atoms with Crippen LogP contribution in [0.5, 0.6) is 0 Å². The molecular formula is C22H12F6N4O2S. The lowest BCUT2D eigenvalue weighted by Crippen LogP contribution is -2.13. The number of aromatic nitrogens is 3. The first-order valence-corrected chi connectivity index (χ1v) is 11.1. The van der Waals surface area contributed by atoms with E-state index in [-0.39, 0.29) is 32.9 Å². The SMILES string of the molecule is NS(=O)(=O)c1cccc(C#Cc2cnn3c(C(F)(F)F)cc(-c4ccc(C(F)(F)F)cc4)nc23)c1. The summed E-state index contributed by atoms with van der Waals surface area (Å²) in [6.45, 7) is 0. The smallest absolute Gasteiger partial charge is 0.227 e. The predicted molar refractivity (Wildman–Crippen MR) is 112 cm³/mol. The molecule has 2 aromatic carbocycles. The second-order valence-corrected chi connectivity index (χ2v) is 8.78. The minimum atomic E-state index is -4.86. The Labute approximate surface area is 194 Å². The summed E-state index contributed by atoms with van der Waals surface area (Å²) in [5.41, 5.74) is -2.48. The second kappa shape index (κ2) is 8.40. The Hall–Kier alpha value is -3.89. The monoisotopic (exact) mass is 510 g/mol. The van der Waals surface area contributed by atoms with Crippen LogP contribution in [-0.4, -0.2) is 23.0 Å². The molecule has 2 N–H and O–H groups in total. The number of benzene rings is 2. The molecular weight excluding hydrogens is 498 g/mol. The highest BCUT2D eigenvalue weighted by atomic mass is 32.2. The third-order valence-corrected chi connectivity index (χ3v) is 5.69. The van der Waals surface area contributed by atoms with Gasteiger partial charge in [-0.3, -0.25) is 0 Å². The Bertz CT molecular complexity index is 1600. The van der Waals surface area contributed by atoms with Gasteiger partial charge < -0.3 is 0 Å². The average molecular weight is 510 g/mol. The fourth-order valence-corrected chi connectivity index (χ4v) is 3.68. The molecule has 35 heavy (non-hydrogen) atoms. The fourth-order valence-electron chi connectivity index (χ4n) is 3.12. The number of primary sulfonamides is 1. The molecule has 0 bridgehead atoms. The average Bonchev–Trinajstić information content (AvgIpc) is 3.18. The predicted octanol–water partition coefficient (Wildman–Crippen LogP) is 4.48. The fraction of sp³-hybridized carbons (Fsp3) is 0.0909. The number of nitrogens with two attached hydrogens (primary N) is 1. The van der Waals surface area contributed by atoms with Gasteiger partial charge in [0.05, 0.1) is 27.9 Å². The number of hydrogen-bond donors (Lipinski definition) is 1. The van der Waals surface area contributed by atoms with Crippen LogP contribution < -0.4 is 5.14 Å². The van der Waals surface area contributed by atoms with Crippen molar-refractivity contribution in [3.63, 3.8) is 0 Å². The van der Waals surface area contributed by atoms with Gasteiger partial charge in [0.15, 0.2) is 11.3 Å². The van der Waals surface area contributed by atoms with Crippen LogP contribution in [0.4, 0.5) is 26.3 Å². The number of nitrogens with zero attached hydrogens (tertiary/aromatic N) is 3. The van der Waals surface area contributed by atoms with E-state index in [1.807, 2.05) is 0 Å². The minimum absolute atomic E-state index is 0.0203. The molecule has 2 aromatic heterocycles. The lowest BCUT2D eigenvalue weighted by molar-refractivity contribution is -0.142. The Kier molecular flexibility index (Phi) is 5.82. The number of alkyl halides is 6. The number of rotatable bonds is 2. The second-order valence-electron chi connectivity index (χ2n) is 7.22. The molecule has 0 radical (unpaired) electrons.